The number of benzene rings is 2. The van der Waals surface area contributed by atoms with E-state index in [1.165, 1.54) is 7.11 Å². The smallest absolute Gasteiger partial charge is 0.318 e. The van der Waals surface area contributed by atoms with Crippen LogP contribution in [-0.4, -0.2) is 41.3 Å². The number of nitrogens with one attached hydrogen (secondary N) is 1. The van der Waals surface area contributed by atoms with Gasteiger partial charge in [0.15, 0.2) is 5.84 Å². The average molecular weight is 462 g/mol. The summed E-state index contributed by atoms with van der Waals surface area (Å²) in [6.45, 7) is 0.566. The summed E-state index contributed by atoms with van der Waals surface area (Å²) in [4.78, 5) is 8.76. The standard InChI is InChI=1S/C21H21Cl2N5O3/c1-30-21-26-18(14-3-2-4-16(9-14)31-12-19(24)28-29)11-20(27-21)25-8-7-13-5-6-15(22)10-17(13)23/h2-6,9-11,29H,7-8,12H2,1H3,(H2,24,28)(H,25,26,27). The van der Waals surface area contributed by atoms with Gasteiger partial charge < -0.3 is 25.7 Å². The number of rotatable bonds is 9. The minimum absolute atomic E-state index is 0.0265. The maximum absolute atomic E-state index is 8.64. The van der Waals surface area contributed by atoms with Crippen LogP contribution in [0, 0.1) is 0 Å². The summed E-state index contributed by atoms with van der Waals surface area (Å²) in [5, 5.41) is 16.0. The first-order valence-electron chi connectivity index (χ1n) is 9.29. The highest BCUT2D eigenvalue weighted by Crippen LogP contribution is 2.26. The van der Waals surface area contributed by atoms with Gasteiger partial charge in [-0.3, -0.25) is 0 Å². The maximum atomic E-state index is 8.64. The van der Waals surface area contributed by atoms with E-state index in [0.29, 0.717) is 40.3 Å². The summed E-state index contributed by atoms with van der Waals surface area (Å²) in [6, 6.07) is 14.7. The Hall–Kier alpha value is -3.23. The molecule has 0 fully saturated rings. The van der Waals surface area contributed by atoms with E-state index in [4.69, 9.17) is 43.6 Å². The van der Waals surface area contributed by atoms with E-state index >= 15 is 0 Å². The van der Waals surface area contributed by atoms with Gasteiger partial charge >= 0.3 is 6.01 Å². The fraction of sp³-hybridized carbons (Fsp3) is 0.190. The molecule has 3 rings (SSSR count). The molecule has 8 nitrogen and oxygen atoms in total. The van der Waals surface area contributed by atoms with Crippen molar-refractivity contribution in [3.05, 3.63) is 64.1 Å². The Balaban J connectivity index is 1.74. The number of nitrogens with two attached hydrogens (primary N) is 1. The molecular formula is C21H21Cl2N5O3. The lowest BCUT2D eigenvalue weighted by Crippen LogP contribution is -2.20. The number of hydrogen-bond acceptors (Lipinski definition) is 7. The molecule has 0 amide bonds. The summed E-state index contributed by atoms with van der Waals surface area (Å²) in [6.07, 6.45) is 0.689. The molecule has 1 heterocycles. The molecule has 4 N–H and O–H groups in total. The van der Waals surface area contributed by atoms with Crippen LogP contribution < -0.4 is 20.5 Å². The van der Waals surface area contributed by atoms with E-state index in [2.05, 4.69) is 20.4 Å². The normalized spacial score (nSPS) is 11.3. The molecule has 0 saturated carbocycles. The molecule has 2 aromatic carbocycles. The molecule has 0 aliphatic heterocycles. The minimum Gasteiger partial charge on any atom is -0.486 e. The lowest BCUT2D eigenvalue weighted by atomic mass is 10.1. The van der Waals surface area contributed by atoms with Crippen molar-refractivity contribution >= 4 is 34.9 Å². The molecule has 162 valence electrons. The van der Waals surface area contributed by atoms with E-state index in [1.54, 1.807) is 18.2 Å². The highest BCUT2D eigenvalue weighted by atomic mass is 35.5. The number of anilines is 1. The van der Waals surface area contributed by atoms with Gasteiger partial charge in [-0.2, -0.15) is 9.97 Å². The van der Waals surface area contributed by atoms with E-state index in [-0.39, 0.29) is 18.5 Å². The number of methoxy groups -OCH3 is 1. The Morgan fingerprint density at radius 2 is 2.00 bits per heavy atom. The Bertz CT molecular complexity index is 1080. The minimum atomic E-state index is -0.0346. The highest BCUT2D eigenvalue weighted by molar-refractivity contribution is 6.35. The van der Waals surface area contributed by atoms with Gasteiger partial charge in [0.05, 0.1) is 12.8 Å². The first-order valence-corrected chi connectivity index (χ1v) is 10.0. The molecule has 0 aliphatic rings. The SMILES string of the molecule is COc1nc(NCCc2ccc(Cl)cc2Cl)cc(-c2cccc(OCC(N)=NO)c2)n1. The third-order valence-corrected chi connectivity index (χ3v) is 4.84. The van der Waals surface area contributed by atoms with Crippen molar-refractivity contribution in [2.45, 2.75) is 6.42 Å². The quantitative estimate of drug-likeness (QED) is 0.189. The first kappa shape index (κ1) is 22.5. The van der Waals surface area contributed by atoms with Crippen LogP contribution in [0.25, 0.3) is 11.3 Å². The van der Waals surface area contributed by atoms with Gasteiger partial charge in [-0.1, -0.05) is 46.6 Å². The molecule has 31 heavy (non-hydrogen) atoms. The van der Waals surface area contributed by atoms with Gasteiger partial charge in [0.2, 0.25) is 0 Å². The Morgan fingerprint density at radius 3 is 2.74 bits per heavy atom. The van der Waals surface area contributed by atoms with Crippen LogP contribution in [0.15, 0.2) is 53.7 Å². The number of halogens is 2. The monoisotopic (exact) mass is 461 g/mol. The Labute approximate surface area is 189 Å². The zero-order chi connectivity index (χ0) is 22.2. The van der Waals surface area contributed by atoms with Crippen LogP contribution >= 0.6 is 23.2 Å². The fourth-order valence-electron chi connectivity index (χ4n) is 2.74. The first-order chi connectivity index (χ1) is 15.0. The second-order valence-corrected chi connectivity index (χ2v) is 7.29. The lowest BCUT2D eigenvalue weighted by molar-refractivity contribution is 0.306. The highest BCUT2D eigenvalue weighted by Gasteiger charge is 2.09. The van der Waals surface area contributed by atoms with Gasteiger partial charge in [0, 0.05) is 28.2 Å². The second kappa shape index (κ2) is 10.7. The molecule has 0 saturated heterocycles. The van der Waals surface area contributed by atoms with Crippen molar-refractivity contribution in [3.8, 4) is 23.0 Å². The van der Waals surface area contributed by atoms with Gasteiger partial charge in [-0.25, -0.2) is 0 Å². The summed E-state index contributed by atoms with van der Waals surface area (Å²) in [7, 11) is 1.51. The van der Waals surface area contributed by atoms with Gasteiger partial charge in [0.25, 0.3) is 0 Å². The van der Waals surface area contributed by atoms with Gasteiger partial charge in [0.1, 0.15) is 18.2 Å². The average Bonchev–Trinajstić information content (AvgIpc) is 2.78. The zero-order valence-electron chi connectivity index (χ0n) is 16.7. The molecule has 1 aromatic heterocycles. The summed E-state index contributed by atoms with van der Waals surface area (Å²) < 4.78 is 10.8. The predicted molar refractivity (Wildman–Crippen MR) is 122 cm³/mol. The van der Waals surface area contributed by atoms with Crippen molar-refractivity contribution in [1.29, 1.82) is 0 Å². The molecular weight excluding hydrogens is 441 g/mol. The van der Waals surface area contributed by atoms with Crippen molar-refractivity contribution in [2.75, 3.05) is 25.6 Å². The van der Waals surface area contributed by atoms with Crippen LogP contribution in [0.1, 0.15) is 5.56 Å². The van der Waals surface area contributed by atoms with Crippen LogP contribution in [0.5, 0.6) is 11.8 Å². The maximum Gasteiger partial charge on any atom is 0.318 e. The summed E-state index contributed by atoms with van der Waals surface area (Å²) in [5.74, 6) is 1.13. The van der Waals surface area contributed by atoms with E-state index < -0.39 is 0 Å². The fourth-order valence-corrected chi connectivity index (χ4v) is 3.24. The number of nitrogens with zero attached hydrogens (tertiary/aromatic N) is 3. The van der Waals surface area contributed by atoms with Crippen molar-refractivity contribution < 1.29 is 14.7 Å². The van der Waals surface area contributed by atoms with Crippen molar-refractivity contribution in [3.63, 3.8) is 0 Å². The zero-order valence-corrected chi connectivity index (χ0v) is 18.2. The van der Waals surface area contributed by atoms with Crippen LogP contribution in [0.2, 0.25) is 10.0 Å². The predicted octanol–water partition coefficient (Wildman–Crippen LogP) is 4.24. The molecule has 3 aromatic rings. The number of aromatic nitrogens is 2. The number of ether oxygens (including phenoxy) is 2. The van der Waals surface area contributed by atoms with Crippen molar-refractivity contribution in [2.24, 2.45) is 10.9 Å². The van der Waals surface area contributed by atoms with E-state index in [1.807, 2.05) is 30.3 Å². The third kappa shape index (κ3) is 6.37. The molecule has 0 unspecified atom stereocenters. The van der Waals surface area contributed by atoms with E-state index in [0.717, 1.165) is 11.1 Å². The van der Waals surface area contributed by atoms with Crippen LogP contribution in [0.4, 0.5) is 5.82 Å². The lowest BCUT2D eigenvalue weighted by Gasteiger charge is -2.11. The number of amidine groups is 1. The Morgan fingerprint density at radius 1 is 1.16 bits per heavy atom. The topological polar surface area (TPSA) is 115 Å². The number of hydrogen-bond donors (Lipinski definition) is 3. The molecule has 0 atom stereocenters. The molecule has 0 radical (unpaired) electrons. The molecule has 0 bridgehead atoms. The van der Waals surface area contributed by atoms with Crippen LogP contribution in [0.3, 0.4) is 0 Å². The van der Waals surface area contributed by atoms with Crippen LogP contribution in [-0.2, 0) is 6.42 Å². The molecule has 0 spiro atoms. The third-order valence-electron chi connectivity index (χ3n) is 4.25. The summed E-state index contributed by atoms with van der Waals surface area (Å²) in [5.41, 5.74) is 7.87. The second-order valence-electron chi connectivity index (χ2n) is 6.45. The molecule has 10 heteroatoms. The summed E-state index contributed by atoms with van der Waals surface area (Å²) >= 11 is 12.2. The molecule has 0 aliphatic carbocycles. The number of oxime groups is 1. The van der Waals surface area contributed by atoms with Gasteiger partial charge in [-0.15, -0.1) is 0 Å². The van der Waals surface area contributed by atoms with Crippen molar-refractivity contribution in [1.82, 2.24) is 9.97 Å². The van der Waals surface area contributed by atoms with Gasteiger partial charge in [-0.05, 0) is 36.2 Å². The van der Waals surface area contributed by atoms with E-state index in [9.17, 15) is 0 Å². The largest absolute Gasteiger partial charge is 0.486 e. The Kier molecular flexibility index (Phi) is 7.75.